The fourth-order valence-electron chi connectivity index (χ4n) is 1.16. The number of hydrogen-bond acceptors (Lipinski definition) is 4. The highest BCUT2D eigenvalue weighted by Crippen LogP contribution is 2.61. The molecular weight excluding hydrogens is 255 g/mol. The van der Waals surface area contributed by atoms with Gasteiger partial charge in [-0.05, 0) is 42.3 Å². The van der Waals surface area contributed by atoms with Crippen LogP contribution in [0.3, 0.4) is 0 Å². The minimum absolute atomic E-state index is 0.378. The van der Waals surface area contributed by atoms with Gasteiger partial charge in [-0.25, -0.2) is 4.57 Å². The van der Waals surface area contributed by atoms with Gasteiger partial charge in [0.1, 0.15) is 0 Å². The second kappa shape index (κ2) is 7.72. The largest absolute Gasteiger partial charge is 0.393 e. The van der Waals surface area contributed by atoms with Crippen LogP contribution in [0, 0.1) is 0 Å². The number of rotatable bonds is 7. The summed E-state index contributed by atoms with van der Waals surface area (Å²) in [6, 6.07) is 9.81. The highest BCUT2D eigenvalue weighted by atomic mass is 32.7. The van der Waals surface area contributed by atoms with Crippen LogP contribution in [0.4, 0.5) is 0 Å². The molecule has 5 heteroatoms. The Hall–Kier alpha value is -0.540. The van der Waals surface area contributed by atoms with E-state index in [1.165, 1.54) is 0 Å². The summed E-state index contributed by atoms with van der Waals surface area (Å²) in [5, 5.41) is 1.75. The van der Waals surface area contributed by atoms with Gasteiger partial charge in [0.05, 0.1) is 13.2 Å². The molecule has 0 aliphatic carbocycles. The van der Waals surface area contributed by atoms with Crippen LogP contribution in [-0.2, 0) is 13.6 Å². The number of hydrogen-bond donors (Lipinski definition) is 0. The summed E-state index contributed by atoms with van der Waals surface area (Å²) in [4.78, 5) is 0. The molecule has 0 atom stereocenters. The molecule has 0 bridgehead atoms. The van der Waals surface area contributed by atoms with E-state index < -0.39 is 6.80 Å². The van der Waals surface area contributed by atoms with E-state index in [2.05, 4.69) is 0 Å². The molecule has 0 spiro atoms. The Morgan fingerprint density at radius 1 is 1.18 bits per heavy atom. The maximum absolute atomic E-state index is 12.1. The van der Waals surface area contributed by atoms with Crippen molar-refractivity contribution >= 4 is 24.3 Å². The molecule has 0 aliphatic rings. The highest BCUT2D eigenvalue weighted by Gasteiger charge is 2.22. The summed E-state index contributed by atoms with van der Waals surface area (Å²) in [5.74, 6) is 0. The van der Waals surface area contributed by atoms with E-state index in [4.69, 9.17) is 9.05 Å². The summed E-state index contributed by atoms with van der Waals surface area (Å²) >= 11 is 1.10. The van der Waals surface area contributed by atoms with Crippen LogP contribution in [-0.4, -0.2) is 13.2 Å². The highest BCUT2D eigenvalue weighted by molar-refractivity contribution is 8.56. The fraction of sp³-hybridized carbons (Fsp3) is 0.333. The van der Waals surface area contributed by atoms with Crippen molar-refractivity contribution in [2.75, 3.05) is 13.2 Å². The Kier molecular flexibility index (Phi) is 6.60. The van der Waals surface area contributed by atoms with Crippen molar-refractivity contribution in [1.82, 2.24) is 0 Å². The fourth-order valence-corrected chi connectivity index (χ4v) is 3.99. The average Bonchev–Trinajstić information content (AvgIpc) is 2.31. The van der Waals surface area contributed by atoms with Gasteiger partial charge in [0.15, 0.2) is 0 Å². The lowest BCUT2D eigenvalue weighted by atomic mass is 10.2. The molecule has 0 saturated carbocycles. The van der Waals surface area contributed by atoms with E-state index in [-0.39, 0.29) is 0 Å². The monoisotopic (exact) mass is 272 g/mol. The van der Waals surface area contributed by atoms with E-state index in [9.17, 15) is 4.57 Å². The van der Waals surface area contributed by atoms with Crippen molar-refractivity contribution in [3.8, 4) is 0 Å². The Balaban J connectivity index is 2.58. The van der Waals surface area contributed by atoms with E-state index in [1.807, 2.05) is 36.4 Å². The first kappa shape index (κ1) is 14.5. The molecule has 0 aromatic heterocycles. The van der Waals surface area contributed by atoms with Crippen molar-refractivity contribution in [2.45, 2.75) is 13.8 Å². The molecule has 0 heterocycles. The van der Waals surface area contributed by atoms with E-state index in [0.717, 1.165) is 16.9 Å². The SMILES string of the molecule is CCOP(=O)(OCC)SC=Cc1ccccc1. The molecular formula is C12H17O3PS. The minimum atomic E-state index is -3.03. The summed E-state index contributed by atoms with van der Waals surface area (Å²) in [6.45, 7) is 1.33. The van der Waals surface area contributed by atoms with Crippen LogP contribution in [0.2, 0.25) is 0 Å². The predicted molar refractivity (Wildman–Crippen MR) is 73.9 cm³/mol. The van der Waals surface area contributed by atoms with Crippen LogP contribution >= 0.6 is 18.2 Å². The predicted octanol–water partition coefficient (Wildman–Crippen LogP) is 4.57. The second-order valence-electron chi connectivity index (χ2n) is 3.10. The van der Waals surface area contributed by atoms with Gasteiger partial charge in [0.2, 0.25) is 0 Å². The van der Waals surface area contributed by atoms with Crippen LogP contribution in [0.1, 0.15) is 19.4 Å². The smallest absolute Gasteiger partial charge is 0.301 e. The molecule has 94 valence electrons. The van der Waals surface area contributed by atoms with E-state index in [0.29, 0.717) is 13.2 Å². The lowest BCUT2D eigenvalue weighted by Gasteiger charge is -2.13. The molecule has 0 N–H and O–H groups in total. The molecule has 0 aliphatic heterocycles. The Morgan fingerprint density at radius 3 is 2.29 bits per heavy atom. The third kappa shape index (κ3) is 5.55. The van der Waals surface area contributed by atoms with Gasteiger partial charge in [0.25, 0.3) is 0 Å². The van der Waals surface area contributed by atoms with Crippen molar-refractivity contribution in [2.24, 2.45) is 0 Å². The van der Waals surface area contributed by atoms with Gasteiger partial charge >= 0.3 is 6.80 Å². The van der Waals surface area contributed by atoms with Crippen molar-refractivity contribution in [1.29, 1.82) is 0 Å². The van der Waals surface area contributed by atoms with Gasteiger partial charge in [-0.2, -0.15) is 0 Å². The third-order valence-electron chi connectivity index (χ3n) is 1.82. The van der Waals surface area contributed by atoms with Crippen LogP contribution in [0.25, 0.3) is 6.08 Å². The molecule has 1 aromatic rings. The van der Waals surface area contributed by atoms with Crippen LogP contribution in [0.15, 0.2) is 35.7 Å². The molecule has 0 saturated heterocycles. The maximum atomic E-state index is 12.1. The molecule has 1 rings (SSSR count). The van der Waals surface area contributed by atoms with Gasteiger partial charge < -0.3 is 9.05 Å². The van der Waals surface area contributed by atoms with Gasteiger partial charge in [-0.3, -0.25) is 0 Å². The first-order chi connectivity index (χ1) is 8.20. The topological polar surface area (TPSA) is 35.5 Å². The molecule has 1 aromatic carbocycles. The normalized spacial score (nSPS) is 12.1. The molecule has 17 heavy (non-hydrogen) atoms. The van der Waals surface area contributed by atoms with E-state index >= 15 is 0 Å². The minimum Gasteiger partial charge on any atom is -0.301 e. The summed E-state index contributed by atoms with van der Waals surface area (Å²) < 4.78 is 22.4. The first-order valence-corrected chi connectivity index (χ1v) is 8.52. The zero-order chi connectivity index (χ0) is 12.6. The Morgan fingerprint density at radius 2 is 1.76 bits per heavy atom. The summed E-state index contributed by atoms with van der Waals surface area (Å²) in [7, 11) is 0. The number of benzene rings is 1. The summed E-state index contributed by atoms with van der Waals surface area (Å²) in [5.41, 5.74) is 1.06. The van der Waals surface area contributed by atoms with Crippen LogP contribution < -0.4 is 0 Å². The first-order valence-electron chi connectivity index (χ1n) is 5.49. The van der Waals surface area contributed by atoms with Crippen molar-refractivity contribution < 1.29 is 13.6 Å². The zero-order valence-corrected chi connectivity index (χ0v) is 11.7. The second-order valence-corrected chi connectivity index (χ2v) is 6.97. The standard InChI is InChI=1S/C12H17O3PS/c1-3-14-16(13,15-4-2)17-11-10-12-8-6-5-7-9-12/h5-11H,3-4H2,1-2H3. The molecule has 0 unspecified atom stereocenters. The van der Waals surface area contributed by atoms with Gasteiger partial charge in [-0.1, -0.05) is 30.3 Å². The Labute approximate surface area is 106 Å². The third-order valence-corrected chi connectivity index (χ3v) is 5.26. The van der Waals surface area contributed by atoms with Gasteiger partial charge in [0, 0.05) is 0 Å². The average molecular weight is 272 g/mol. The van der Waals surface area contributed by atoms with E-state index in [1.54, 1.807) is 19.3 Å². The zero-order valence-electron chi connectivity index (χ0n) is 10.0. The summed E-state index contributed by atoms with van der Waals surface area (Å²) in [6.07, 6.45) is 1.88. The molecule has 3 nitrogen and oxygen atoms in total. The molecule has 0 fully saturated rings. The van der Waals surface area contributed by atoms with Gasteiger partial charge in [-0.15, -0.1) is 0 Å². The lowest BCUT2D eigenvalue weighted by Crippen LogP contribution is -1.90. The van der Waals surface area contributed by atoms with Crippen LogP contribution in [0.5, 0.6) is 0 Å². The Bertz CT molecular complexity index is 382. The molecule has 0 radical (unpaired) electrons. The molecule has 0 amide bonds. The maximum Gasteiger partial charge on any atom is 0.393 e. The van der Waals surface area contributed by atoms with Crippen molar-refractivity contribution in [3.63, 3.8) is 0 Å². The quantitative estimate of drug-likeness (QED) is 0.681. The lowest BCUT2D eigenvalue weighted by molar-refractivity contribution is 0.237. The van der Waals surface area contributed by atoms with Crippen molar-refractivity contribution in [3.05, 3.63) is 41.3 Å².